The molecule has 2 aromatic carbocycles. The van der Waals surface area contributed by atoms with Crippen LogP contribution in [0, 0.1) is 5.82 Å². The van der Waals surface area contributed by atoms with Gasteiger partial charge in [-0.3, -0.25) is 24.0 Å². The summed E-state index contributed by atoms with van der Waals surface area (Å²) in [5.41, 5.74) is 0.0819. The van der Waals surface area contributed by atoms with Crippen LogP contribution in [0.3, 0.4) is 0 Å². The van der Waals surface area contributed by atoms with Crippen LogP contribution >= 0.6 is 0 Å². The molecule has 0 aliphatic carbocycles. The molecule has 0 bridgehead atoms. The van der Waals surface area contributed by atoms with Crippen molar-refractivity contribution in [3.63, 3.8) is 0 Å². The molecule has 31 heavy (non-hydrogen) atoms. The predicted octanol–water partition coefficient (Wildman–Crippen LogP) is 2.04. The molecule has 8 heteroatoms. The van der Waals surface area contributed by atoms with Crippen LogP contribution in [0.2, 0.25) is 0 Å². The van der Waals surface area contributed by atoms with Gasteiger partial charge in [0, 0.05) is 32.2 Å². The van der Waals surface area contributed by atoms with Gasteiger partial charge in [-0.2, -0.15) is 0 Å². The van der Waals surface area contributed by atoms with E-state index in [0.717, 1.165) is 13.1 Å². The van der Waals surface area contributed by atoms with Crippen LogP contribution in [0.1, 0.15) is 29.8 Å². The second-order valence-electron chi connectivity index (χ2n) is 8.10. The number of aromatic amines is 1. The van der Waals surface area contributed by atoms with E-state index < -0.39 is 17.1 Å². The maximum absolute atomic E-state index is 14.5. The number of nitrogens with one attached hydrogen (secondary N) is 1. The molecule has 0 atom stereocenters. The van der Waals surface area contributed by atoms with Gasteiger partial charge in [0.05, 0.1) is 23.0 Å². The van der Waals surface area contributed by atoms with Gasteiger partial charge in [-0.05, 0) is 43.7 Å². The number of amides is 1. The molecule has 1 saturated heterocycles. The Morgan fingerprint density at radius 2 is 1.77 bits per heavy atom. The number of fused-ring (bicyclic) bond motifs is 1. The fourth-order valence-electron chi connectivity index (χ4n) is 4.03. The van der Waals surface area contributed by atoms with Gasteiger partial charge in [0.2, 0.25) is 0 Å². The Morgan fingerprint density at radius 3 is 2.48 bits per heavy atom. The van der Waals surface area contributed by atoms with Crippen molar-refractivity contribution in [3.05, 3.63) is 80.2 Å². The van der Waals surface area contributed by atoms with Crippen molar-refractivity contribution < 1.29 is 9.18 Å². The van der Waals surface area contributed by atoms with Gasteiger partial charge in [-0.15, -0.1) is 0 Å². The number of carbonyl (C=O) groups excluding carboxylic acids is 1. The number of para-hydroxylation sites is 1. The molecule has 1 aromatic heterocycles. The summed E-state index contributed by atoms with van der Waals surface area (Å²) in [7, 11) is 0. The average molecular weight is 424 g/mol. The van der Waals surface area contributed by atoms with E-state index in [1.807, 2.05) is 0 Å². The molecule has 1 aliphatic rings. The summed E-state index contributed by atoms with van der Waals surface area (Å²) >= 11 is 0. The van der Waals surface area contributed by atoms with E-state index in [0.29, 0.717) is 35.6 Å². The second-order valence-corrected chi connectivity index (χ2v) is 8.10. The van der Waals surface area contributed by atoms with E-state index in [1.165, 1.54) is 16.7 Å². The Bertz CT molecular complexity index is 1240. The molecule has 1 fully saturated rings. The lowest BCUT2D eigenvalue weighted by Crippen LogP contribution is -2.50. The Labute approximate surface area is 178 Å². The third-order valence-corrected chi connectivity index (χ3v) is 5.84. The molecule has 2 heterocycles. The maximum Gasteiger partial charge on any atom is 0.329 e. The van der Waals surface area contributed by atoms with Gasteiger partial charge in [-0.1, -0.05) is 18.2 Å². The molecule has 0 radical (unpaired) electrons. The summed E-state index contributed by atoms with van der Waals surface area (Å²) in [5, 5.41) is 0.392. The zero-order valence-corrected chi connectivity index (χ0v) is 17.6. The minimum atomic E-state index is -0.585. The Hall–Kier alpha value is -3.26. The summed E-state index contributed by atoms with van der Waals surface area (Å²) in [6.07, 6.45) is 0. The van der Waals surface area contributed by atoms with E-state index in [9.17, 15) is 18.8 Å². The SMILES string of the molecule is CC(C)N1CCN(C(=O)c2cc(Cn3c(=O)[nH]c(=O)c4ccccc43)ccc2F)CC1. The number of halogens is 1. The van der Waals surface area contributed by atoms with Crippen molar-refractivity contribution in [2.75, 3.05) is 26.2 Å². The number of piperazine rings is 1. The zero-order valence-electron chi connectivity index (χ0n) is 17.6. The number of rotatable bonds is 4. The summed E-state index contributed by atoms with van der Waals surface area (Å²) in [6, 6.07) is 11.5. The zero-order chi connectivity index (χ0) is 22.1. The lowest BCUT2D eigenvalue weighted by atomic mass is 10.1. The molecule has 3 aromatic rings. The van der Waals surface area contributed by atoms with Crippen LogP contribution in [-0.2, 0) is 6.54 Å². The average Bonchev–Trinajstić information content (AvgIpc) is 2.77. The first-order valence-corrected chi connectivity index (χ1v) is 10.4. The monoisotopic (exact) mass is 424 g/mol. The molecule has 1 amide bonds. The van der Waals surface area contributed by atoms with Gasteiger partial charge < -0.3 is 4.90 Å². The minimum absolute atomic E-state index is 0.00252. The smallest absolute Gasteiger partial charge is 0.329 e. The summed E-state index contributed by atoms with van der Waals surface area (Å²) in [6.45, 7) is 6.94. The number of aromatic nitrogens is 2. The fraction of sp³-hybridized carbons (Fsp3) is 0.348. The first-order valence-electron chi connectivity index (χ1n) is 10.4. The van der Waals surface area contributed by atoms with Crippen LogP contribution < -0.4 is 11.2 Å². The molecule has 7 nitrogen and oxygen atoms in total. The highest BCUT2D eigenvalue weighted by atomic mass is 19.1. The van der Waals surface area contributed by atoms with E-state index >= 15 is 0 Å². The van der Waals surface area contributed by atoms with Crippen molar-refractivity contribution in [1.29, 1.82) is 0 Å². The summed E-state index contributed by atoms with van der Waals surface area (Å²) in [5.74, 6) is -0.930. The highest BCUT2D eigenvalue weighted by Crippen LogP contribution is 2.17. The summed E-state index contributed by atoms with van der Waals surface area (Å²) < 4.78 is 15.9. The van der Waals surface area contributed by atoms with Crippen molar-refractivity contribution in [2.24, 2.45) is 0 Å². The van der Waals surface area contributed by atoms with Crippen molar-refractivity contribution in [1.82, 2.24) is 19.4 Å². The van der Waals surface area contributed by atoms with E-state index in [-0.39, 0.29) is 18.0 Å². The maximum atomic E-state index is 14.5. The molecule has 162 valence electrons. The Morgan fingerprint density at radius 1 is 1.06 bits per heavy atom. The normalized spacial score (nSPS) is 15.0. The molecule has 0 saturated carbocycles. The number of H-pyrrole nitrogens is 1. The van der Waals surface area contributed by atoms with Crippen LogP contribution in [0.5, 0.6) is 0 Å². The van der Waals surface area contributed by atoms with Gasteiger partial charge >= 0.3 is 5.69 Å². The molecular formula is C23H25FN4O3. The predicted molar refractivity (Wildman–Crippen MR) is 117 cm³/mol. The first-order chi connectivity index (χ1) is 14.8. The molecule has 0 unspecified atom stereocenters. The lowest BCUT2D eigenvalue weighted by Gasteiger charge is -2.37. The second kappa shape index (κ2) is 8.47. The van der Waals surface area contributed by atoms with Crippen LogP contribution in [0.25, 0.3) is 10.9 Å². The molecule has 1 aliphatic heterocycles. The summed E-state index contributed by atoms with van der Waals surface area (Å²) in [4.78, 5) is 43.7. The largest absolute Gasteiger partial charge is 0.336 e. The van der Waals surface area contributed by atoms with Gasteiger partial charge in [0.15, 0.2) is 0 Å². The quantitative estimate of drug-likeness (QED) is 0.695. The number of hydrogen-bond donors (Lipinski definition) is 1. The van der Waals surface area contributed by atoms with Crippen LogP contribution in [0.15, 0.2) is 52.1 Å². The standard InChI is InChI=1S/C23H25FN4O3/c1-15(2)26-9-11-27(12-10-26)22(30)18-13-16(7-8-19(18)24)14-28-20-6-4-3-5-17(20)21(29)25-23(28)31/h3-8,13,15H,9-12,14H2,1-2H3,(H,25,29,31). The van der Waals surface area contributed by atoms with E-state index in [1.54, 1.807) is 35.2 Å². The minimum Gasteiger partial charge on any atom is -0.336 e. The van der Waals surface area contributed by atoms with Crippen molar-refractivity contribution >= 4 is 16.8 Å². The van der Waals surface area contributed by atoms with Crippen molar-refractivity contribution in [3.8, 4) is 0 Å². The third-order valence-electron chi connectivity index (χ3n) is 5.84. The van der Waals surface area contributed by atoms with E-state index in [2.05, 4.69) is 23.7 Å². The van der Waals surface area contributed by atoms with Crippen LogP contribution in [-0.4, -0.2) is 57.5 Å². The number of carbonyl (C=O) groups is 1. The van der Waals surface area contributed by atoms with Gasteiger partial charge in [-0.25, -0.2) is 9.18 Å². The molecule has 4 rings (SSSR count). The van der Waals surface area contributed by atoms with Gasteiger partial charge in [0.25, 0.3) is 11.5 Å². The van der Waals surface area contributed by atoms with Crippen molar-refractivity contribution in [2.45, 2.75) is 26.4 Å². The number of hydrogen-bond acceptors (Lipinski definition) is 4. The van der Waals surface area contributed by atoms with Crippen LogP contribution in [0.4, 0.5) is 4.39 Å². The topological polar surface area (TPSA) is 78.4 Å². The van der Waals surface area contributed by atoms with E-state index in [4.69, 9.17) is 0 Å². The molecular weight excluding hydrogens is 399 g/mol. The molecule has 1 N–H and O–H groups in total. The number of nitrogens with zero attached hydrogens (tertiary/aromatic N) is 3. The van der Waals surface area contributed by atoms with Gasteiger partial charge in [0.1, 0.15) is 5.82 Å². The third kappa shape index (κ3) is 4.16. The molecule has 0 spiro atoms. The number of benzene rings is 2. The lowest BCUT2D eigenvalue weighted by molar-refractivity contribution is 0.0591. The fourth-order valence-corrected chi connectivity index (χ4v) is 4.03. The highest BCUT2D eigenvalue weighted by molar-refractivity contribution is 5.94. The first kappa shape index (κ1) is 21.0. The highest BCUT2D eigenvalue weighted by Gasteiger charge is 2.25. The Balaban J connectivity index is 1.63. The Kier molecular flexibility index (Phi) is 5.73.